The summed E-state index contributed by atoms with van der Waals surface area (Å²) in [5.41, 5.74) is 0.979. The van der Waals surface area contributed by atoms with E-state index in [9.17, 15) is 14.5 Å². The number of hydrogen-bond donors (Lipinski definition) is 1. The van der Waals surface area contributed by atoms with E-state index in [1.165, 1.54) is 0 Å². The van der Waals surface area contributed by atoms with Crippen molar-refractivity contribution in [2.24, 2.45) is 0 Å². The molecule has 0 radical (unpaired) electrons. The summed E-state index contributed by atoms with van der Waals surface area (Å²) in [5.74, 6) is 0.729. The maximum absolute atomic E-state index is 13.1. The minimum atomic E-state index is -0.532. The highest BCUT2D eigenvalue weighted by Crippen LogP contribution is 2.19. The zero-order chi connectivity index (χ0) is 14.7. The molecule has 0 spiro atoms. The van der Waals surface area contributed by atoms with Gasteiger partial charge in [-0.25, -0.2) is 9.37 Å². The third kappa shape index (κ3) is 3.18. The predicted molar refractivity (Wildman–Crippen MR) is 69.6 cm³/mol. The van der Waals surface area contributed by atoms with Crippen molar-refractivity contribution in [3.05, 3.63) is 57.0 Å². The molecule has 0 amide bonds. The van der Waals surface area contributed by atoms with Crippen molar-refractivity contribution in [3.63, 3.8) is 0 Å². The highest BCUT2D eigenvalue weighted by Gasteiger charge is 2.14. The molecule has 6 nitrogen and oxygen atoms in total. The van der Waals surface area contributed by atoms with Crippen molar-refractivity contribution in [1.82, 2.24) is 10.3 Å². The molecule has 1 heterocycles. The van der Waals surface area contributed by atoms with Crippen LogP contribution in [0.3, 0.4) is 0 Å². The van der Waals surface area contributed by atoms with Crippen molar-refractivity contribution in [2.45, 2.75) is 26.9 Å². The Labute approximate surface area is 114 Å². The molecular formula is C13H14FN3O3. The van der Waals surface area contributed by atoms with Gasteiger partial charge in [0.15, 0.2) is 0 Å². The van der Waals surface area contributed by atoms with E-state index >= 15 is 0 Å². The van der Waals surface area contributed by atoms with Crippen LogP contribution in [0.4, 0.5) is 10.1 Å². The number of nitrogens with zero attached hydrogens (tertiary/aromatic N) is 2. The van der Waals surface area contributed by atoms with Gasteiger partial charge in [0.05, 0.1) is 17.2 Å². The Bertz CT molecular complexity index is 620. The van der Waals surface area contributed by atoms with E-state index in [-0.39, 0.29) is 17.8 Å². The Kier molecular flexibility index (Phi) is 4.09. The summed E-state index contributed by atoms with van der Waals surface area (Å²) < 4.78 is 18.5. The fourth-order valence-electron chi connectivity index (χ4n) is 1.79. The van der Waals surface area contributed by atoms with Gasteiger partial charge in [-0.2, -0.15) is 0 Å². The zero-order valence-electron chi connectivity index (χ0n) is 11.1. The van der Waals surface area contributed by atoms with Crippen molar-refractivity contribution in [2.75, 3.05) is 0 Å². The first-order chi connectivity index (χ1) is 9.47. The van der Waals surface area contributed by atoms with Crippen LogP contribution >= 0.6 is 0 Å². The third-order valence-electron chi connectivity index (χ3n) is 2.90. The molecule has 0 atom stereocenters. The average molecular weight is 279 g/mol. The zero-order valence-corrected chi connectivity index (χ0v) is 11.1. The number of aromatic nitrogens is 1. The highest BCUT2D eigenvalue weighted by molar-refractivity contribution is 5.40. The lowest BCUT2D eigenvalue weighted by Gasteiger charge is -2.04. The first-order valence-corrected chi connectivity index (χ1v) is 6.04. The number of hydrogen-bond acceptors (Lipinski definition) is 5. The molecule has 106 valence electrons. The van der Waals surface area contributed by atoms with Crippen LogP contribution in [0.15, 0.2) is 22.6 Å². The SMILES string of the molecule is Cc1nc(CNCc2cc(F)ccc2[N+](=O)[O-])oc1C. The molecule has 0 aliphatic carbocycles. The maximum Gasteiger partial charge on any atom is 0.274 e. The van der Waals surface area contributed by atoms with Crippen molar-refractivity contribution in [1.29, 1.82) is 0 Å². The predicted octanol–water partition coefficient (Wildman–Crippen LogP) is 2.63. The van der Waals surface area contributed by atoms with E-state index in [1.54, 1.807) is 0 Å². The Morgan fingerprint density at radius 3 is 2.75 bits per heavy atom. The van der Waals surface area contributed by atoms with Crippen LogP contribution in [0, 0.1) is 29.8 Å². The molecule has 0 saturated heterocycles. The molecule has 20 heavy (non-hydrogen) atoms. The van der Waals surface area contributed by atoms with E-state index in [1.807, 2.05) is 13.8 Å². The first-order valence-electron chi connectivity index (χ1n) is 6.04. The Hall–Kier alpha value is -2.28. The molecule has 2 rings (SSSR count). The van der Waals surface area contributed by atoms with Gasteiger partial charge in [-0.05, 0) is 26.0 Å². The fraction of sp³-hybridized carbons (Fsp3) is 0.308. The Balaban J connectivity index is 2.03. The number of oxazole rings is 1. The largest absolute Gasteiger partial charge is 0.444 e. The summed E-state index contributed by atoms with van der Waals surface area (Å²) in [6.07, 6.45) is 0. The molecule has 0 aliphatic rings. The number of aryl methyl sites for hydroxylation is 2. The van der Waals surface area contributed by atoms with Crippen LogP contribution in [-0.2, 0) is 13.1 Å². The molecular weight excluding hydrogens is 265 g/mol. The van der Waals surface area contributed by atoms with Crippen molar-refractivity contribution < 1.29 is 13.7 Å². The molecule has 0 fully saturated rings. The van der Waals surface area contributed by atoms with Gasteiger partial charge in [-0.15, -0.1) is 0 Å². The lowest BCUT2D eigenvalue weighted by Crippen LogP contribution is -2.14. The molecule has 7 heteroatoms. The fourth-order valence-corrected chi connectivity index (χ4v) is 1.79. The molecule has 0 unspecified atom stereocenters. The van der Waals surface area contributed by atoms with Crippen LogP contribution in [0.25, 0.3) is 0 Å². The standard InChI is InChI=1S/C13H14FN3O3/c1-8-9(2)20-13(16-8)7-15-6-10-5-11(14)3-4-12(10)17(18)19/h3-5,15H,6-7H2,1-2H3. The summed E-state index contributed by atoms with van der Waals surface area (Å²) in [5, 5.41) is 13.8. The second-order valence-electron chi connectivity index (χ2n) is 4.38. The molecule has 1 aromatic heterocycles. The smallest absolute Gasteiger partial charge is 0.274 e. The molecule has 0 bridgehead atoms. The molecule has 2 aromatic rings. The van der Waals surface area contributed by atoms with Crippen LogP contribution in [-0.4, -0.2) is 9.91 Å². The minimum Gasteiger partial charge on any atom is -0.444 e. The summed E-state index contributed by atoms with van der Waals surface area (Å²) in [4.78, 5) is 14.5. The topological polar surface area (TPSA) is 81.2 Å². The third-order valence-corrected chi connectivity index (χ3v) is 2.90. The van der Waals surface area contributed by atoms with E-state index in [2.05, 4.69) is 10.3 Å². The van der Waals surface area contributed by atoms with E-state index in [0.717, 1.165) is 29.7 Å². The number of nitro groups is 1. The number of nitrogens with one attached hydrogen (secondary N) is 1. The van der Waals surface area contributed by atoms with E-state index < -0.39 is 10.7 Å². The number of benzene rings is 1. The molecule has 1 aromatic carbocycles. The minimum absolute atomic E-state index is 0.112. The summed E-state index contributed by atoms with van der Waals surface area (Å²) in [7, 11) is 0. The van der Waals surface area contributed by atoms with Crippen LogP contribution in [0.1, 0.15) is 22.9 Å². The second kappa shape index (κ2) is 5.79. The van der Waals surface area contributed by atoms with Crippen molar-refractivity contribution >= 4 is 5.69 Å². The Morgan fingerprint density at radius 1 is 1.40 bits per heavy atom. The van der Waals surface area contributed by atoms with Gasteiger partial charge in [0, 0.05) is 18.2 Å². The monoisotopic (exact) mass is 279 g/mol. The van der Waals surface area contributed by atoms with Gasteiger partial charge >= 0.3 is 0 Å². The van der Waals surface area contributed by atoms with Crippen LogP contribution < -0.4 is 5.32 Å². The Morgan fingerprint density at radius 2 is 2.15 bits per heavy atom. The number of rotatable bonds is 5. The van der Waals surface area contributed by atoms with Gasteiger partial charge in [0.25, 0.3) is 5.69 Å². The van der Waals surface area contributed by atoms with E-state index in [4.69, 9.17) is 4.42 Å². The van der Waals surface area contributed by atoms with E-state index in [0.29, 0.717) is 12.4 Å². The number of halogens is 1. The molecule has 0 aliphatic heterocycles. The summed E-state index contributed by atoms with van der Waals surface area (Å²) in [6.45, 7) is 4.12. The normalized spacial score (nSPS) is 10.8. The quantitative estimate of drug-likeness (QED) is 0.672. The van der Waals surface area contributed by atoms with Crippen LogP contribution in [0.2, 0.25) is 0 Å². The summed E-state index contributed by atoms with van der Waals surface area (Å²) in [6, 6.07) is 3.38. The second-order valence-corrected chi connectivity index (χ2v) is 4.38. The maximum atomic E-state index is 13.1. The van der Waals surface area contributed by atoms with Gasteiger partial charge < -0.3 is 9.73 Å². The lowest BCUT2D eigenvalue weighted by atomic mass is 10.1. The first kappa shape index (κ1) is 14.1. The van der Waals surface area contributed by atoms with Gasteiger partial charge in [0.2, 0.25) is 5.89 Å². The number of nitro benzene ring substituents is 1. The van der Waals surface area contributed by atoms with Gasteiger partial charge in [0.1, 0.15) is 11.6 Å². The lowest BCUT2D eigenvalue weighted by molar-refractivity contribution is -0.385. The average Bonchev–Trinajstić information content (AvgIpc) is 2.68. The highest BCUT2D eigenvalue weighted by atomic mass is 19.1. The van der Waals surface area contributed by atoms with Crippen molar-refractivity contribution in [3.8, 4) is 0 Å². The molecule has 1 N–H and O–H groups in total. The van der Waals surface area contributed by atoms with Gasteiger partial charge in [-0.3, -0.25) is 10.1 Å². The van der Waals surface area contributed by atoms with Gasteiger partial charge in [-0.1, -0.05) is 0 Å². The van der Waals surface area contributed by atoms with Crippen LogP contribution in [0.5, 0.6) is 0 Å². The summed E-state index contributed by atoms with van der Waals surface area (Å²) >= 11 is 0. The molecule has 0 saturated carbocycles.